The third-order valence-electron chi connectivity index (χ3n) is 1.95. The smallest absolute Gasteiger partial charge is 0.325 e. The molecule has 0 atom stereocenters. The van der Waals surface area contributed by atoms with E-state index in [1.54, 1.807) is 0 Å². The molecule has 0 spiro atoms. The number of carboxylic acid groups (broad SMARTS) is 1. The van der Waals surface area contributed by atoms with Gasteiger partial charge in [-0.2, -0.15) is 5.10 Å². The molecule has 2 heterocycles. The predicted molar refractivity (Wildman–Crippen MR) is 55.2 cm³/mol. The molecule has 2 aromatic heterocycles. The first-order chi connectivity index (χ1) is 8.65. The summed E-state index contributed by atoms with van der Waals surface area (Å²) >= 11 is 0. The molecule has 0 unspecified atom stereocenters. The molecule has 0 aromatic carbocycles. The van der Waals surface area contributed by atoms with Gasteiger partial charge in [0.25, 0.3) is 5.91 Å². The third-order valence-corrected chi connectivity index (χ3v) is 1.95. The molecule has 10 heteroatoms. The largest absolute Gasteiger partial charge is 0.480 e. The molecule has 0 aliphatic rings. The van der Waals surface area contributed by atoms with Crippen LogP contribution in [-0.2, 0) is 17.9 Å². The van der Waals surface area contributed by atoms with Gasteiger partial charge < -0.3 is 10.4 Å². The number of amides is 1. The van der Waals surface area contributed by atoms with Crippen LogP contribution >= 0.6 is 0 Å². The van der Waals surface area contributed by atoms with Crippen LogP contribution in [0.15, 0.2) is 12.5 Å². The number of aromatic nitrogens is 6. The minimum atomic E-state index is -1.06. The van der Waals surface area contributed by atoms with Gasteiger partial charge in [-0.25, -0.2) is 9.67 Å². The zero-order chi connectivity index (χ0) is 13.0. The first-order valence-corrected chi connectivity index (χ1v) is 4.89. The fourth-order valence-electron chi connectivity index (χ4n) is 1.19. The number of nitrogens with zero attached hydrogens (tertiary/aromatic N) is 5. The van der Waals surface area contributed by atoms with Crippen molar-refractivity contribution >= 4 is 11.9 Å². The quantitative estimate of drug-likeness (QED) is 0.582. The maximum absolute atomic E-state index is 11.6. The number of carbonyl (C=O) groups is 2. The predicted octanol–water partition coefficient (Wildman–Crippen LogP) is -1.59. The van der Waals surface area contributed by atoms with Crippen LogP contribution in [0.4, 0.5) is 0 Å². The van der Waals surface area contributed by atoms with Crippen molar-refractivity contribution in [2.45, 2.75) is 13.1 Å². The number of aliphatic carboxylic acids is 1. The van der Waals surface area contributed by atoms with Crippen LogP contribution in [0.5, 0.6) is 0 Å². The number of aromatic amines is 1. The minimum Gasteiger partial charge on any atom is -0.480 e. The van der Waals surface area contributed by atoms with Gasteiger partial charge >= 0.3 is 5.97 Å². The second-order valence-electron chi connectivity index (χ2n) is 3.31. The number of carboxylic acids is 1. The highest BCUT2D eigenvalue weighted by molar-refractivity contribution is 5.91. The lowest BCUT2D eigenvalue weighted by Gasteiger charge is -1.98. The van der Waals surface area contributed by atoms with Gasteiger partial charge in [0, 0.05) is 0 Å². The average Bonchev–Trinajstić information content (AvgIpc) is 2.95. The number of H-pyrrole nitrogens is 1. The minimum absolute atomic E-state index is 0.0377. The lowest BCUT2D eigenvalue weighted by atomic mass is 10.4. The number of hydrogen-bond acceptors (Lipinski definition) is 6. The monoisotopic (exact) mass is 251 g/mol. The zero-order valence-corrected chi connectivity index (χ0v) is 9.07. The molecule has 1 amide bonds. The summed E-state index contributed by atoms with van der Waals surface area (Å²) in [5.74, 6) is -1.03. The zero-order valence-electron chi connectivity index (χ0n) is 9.07. The molecule has 2 rings (SSSR count). The molecule has 3 N–H and O–H groups in total. The summed E-state index contributed by atoms with van der Waals surface area (Å²) in [5.41, 5.74) is 0.0377. The van der Waals surface area contributed by atoms with Gasteiger partial charge in [-0.05, 0) is 0 Å². The van der Waals surface area contributed by atoms with E-state index in [1.165, 1.54) is 12.5 Å². The molecule has 0 aliphatic carbocycles. The normalized spacial score (nSPS) is 10.2. The number of rotatable bonds is 5. The molecule has 0 aliphatic heterocycles. The van der Waals surface area contributed by atoms with Crippen molar-refractivity contribution in [3.8, 4) is 0 Å². The molecular formula is C8H9N7O3. The maximum Gasteiger partial charge on any atom is 0.325 e. The Balaban J connectivity index is 1.92. The van der Waals surface area contributed by atoms with Gasteiger partial charge in [-0.1, -0.05) is 5.21 Å². The standard InChI is InChI=1S/C8H9N7O3/c16-7(17)3-15-2-5(12-14-15)8(18)9-1-6-10-4-11-13-6/h2,4H,1,3H2,(H,9,18)(H,16,17)(H,10,11,13). The highest BCUT2D eigenvalue weighted by Crippen LogP contribution is 1.94. The SMILES string of the molecule is O=C(O)Cn1cc(C(=O)NCc2ncn[nH]2)nn1. The van der Waals surface area contributed by atoms with Crippen molar-refractivity contribution in [2.24, 2.45) is 0 Å². The van der Waals surface area contributed by atoms with E-state index in [0.29, 0.717) is 5.82 Å². The Morgan fingerprint density at radius 3 is 3.00 bits per heavy atom. The Labute approximate surface area is 100 Å². The number of hydrogen-bond donors (Lipinski definition) is 3. The average molecular weight is 251 g/mol. The lowest BCUT2D eigenvalue weighted by molar-refractivity contribution is -0.137. The summed E-state index contributed by atoms with van der Waals surface area (Å²) in [6.45, 7) is -0.174. The van der Waals surface area contributed by atoms with E-state index >= 15 is 0 Å². The molecule has 0 bridgehead atoms. The third kappa shape index (κ3) is 2.87. The lowest BCUT2D eigenvalue weighted by Crippen LogP contribution is -2.23. The van der Waals surface area contributed by atoms with E-state index in [4.69, 9.17) is 5.11 Å². The summed E-state index contributed by atoms with van der Waals surface area (Å²) in [6, 6.07) is 0. The second kappa shape index (κ2) is 5.03. The van der Waals surface area contributed by atoms with Crippen molar-refractivity contribution in [3.05, 3.63) is 24.0 Å². The molecule has 94 valence electrons. The Bertz CT molecular complexity index is 547. The van der Waals surface area contributed by atoms with E-state index in [2.05, 4.69) is 30.8 Å². The molecule has 18 heavy (non-hydrogen) atoms. The van der Waals surface area contributed by atoms with Crippen molar-refractivity contribution in [1.29, 1.82) is 0 Å². The van der Waals surface area contributed by atoms with Crippen molar-refractivity contribution in [1.82, 2.24) is 35.5 Å². The van der Waals surface area contributed by atoms with Gasteiger partial charge in [0.1, 0.15) is 18.7 Å². The fourth-order valence-corrected chi connectivity index (χ4v) is 1.19. The van der Waals surface area contributed by atoms with Gasteiger partial charge in [0.15, 0.2) is 5.69 Å². The molecule has 0 saturated heterocycles. The van der Waals surface area contributed by atoms with Gasteiger partial charge in [0.2, 0.25) is 0 Å². The van der Waals surface area contributed by atoms with E-state index in [-0.39, 0.29) is 18.8 Å². The highest BCUT2D eigenvalue weighted by atomic mass is 16.4. The van der Waals surface area contributed by atoms with Gasteiger partial charge in [-0.15, -0.1) is 5.10 Å². The Morgan fingerprint density at radius 2 is 2.33 bits per heavy atom. The van der Waals surface area contributed by atoms with Crippen LogP contribution in [0.1, 0.15) is 16.3 Å². The van der Waals surface area contributed by atoms with Crippen LogP contribution in [0, 0.1) is 0 Å². The van der Waals surface area contributed by atoms with Crippen LogP contribution < -0.4 is 5.32 Å². The number of carbonyl (C=O) groups excluding carboxylic acids is 1. The molecular weight excluding hydrogens is 242 g/mol. The topological polar surface area (TPSA) is 139 Å². The molecule has 2 aromatic rings. The van der Waals surface area contributed by atoms with Crippen LogP contribution in [-0.4, -0.2) is 47.2 Å². The first kappa shape index (κ1) is 11.7. The Morgan fingerprint density at radius 1 is 1.50 bits per heavy atom. The van der Waals surface area contributed by atoms with Gasteiger partial charge in [0.05, 0.1) is 12.7 Å². The van der Waals surface area contributed by atoms with E-state index in [0.717, 1.165) is 4.68 Å². The summed E-state index contributed by atoms with van der Waals surface area (Å²) in [6.07, 6.45) is 2.58. The first-order valence-electron chi connectivity index (χ1n) is 4.89. The molecule has 10 nitrogen and oxygen atoms in total. The van der Waals surface area contributed by atoms with Crippen molar-refractivity contribution in [2.75, 3.05) is 0 Å². The fraction of sp³-hybridized carbons (Fsp3) is 0.250. The molecule has 0 saturated carbocycles. The van der Waals surface area contributed by atoms with Crippen LogP contribution in [0.3, 0.4) is 0 Å². The maximum atomic E-state index is 11.6. The summed E-state index contributed by atoms with van der Waals surface area (Å²) in [5, 5.41) is 24.3. The molecule has 0 fully saturated rings. The number of nitrogens with one attached hydrogen (secondary N) is 2. The highest BCUT2D eigenvalue weighted by Gasteiger charge is 2.12. The van der Waals surface area contributed by atoms with E-state index in [9.17, 15) is 9.59 Å². The molecule has 0 radical (unpaired) electrons. The summed E-state index contributed by atoms with van der Waals surface area (Å²) < 4.78 is 1.06. The van der Waals surface area contributed by atoms with Crippen LogP contribution in [0.2, 0.25) is 0 Å². The van der Waals surface area contributed by atoms with Crippen molar-refractivity contribution < 1.29 is 14.7 Å². The summed E-state index contributed by atoms with van der Waals surface area (Å²) in [7, 11) is 0. The Kier molecular flexibility index (Phi) is 3.27. The van der Waals surface area contributed by atoms with E-state index < -0.39 is 11.9 Å². The van der Waals surface area contributed by atoms with Crippen LogP contribution in [0.25, 0.3) is 0 Å². The van der Waals surface area contributed by atoms with E-state index in [1.807, 2.05) is 0 Å². The summed E-state index contributed by atoms with van der Waals surface area (Å²) in [4.78, 5) is 25.8. The van der Waals surface area contributed by atoms with Gasteiger partial charge in [-0.3, -0.25) is 14.7 Å². The Hall–Kier alpha value is -2.78. The van der Waals surface area contributed by atoms with Crippen molar-refractivity contribution in [3.63, 3.8) is 0 Å². The second-order valence-corrected chi connectivity index (χ2v) is 3.31.